The zero-order valence-corrected chi connectivity index (χ0v) is 20.9. The number of nitriles is 2. The van der Waals surface area contributed by atoms with E-state index in [4.69, 9.17) is 4.42 Å². The molecule has 38 heavy (non-hydrogen) atoms. The number of benzene rings is 4. The maximum atomic E-state index is 9.96. The molecule has 0 amide bonds. The van der Waals surface area contributed by atoms with Crippen molar-refractivity contribution < 1.29 is 4.42 Å². The van der Waals surface area contributed by atoms with Gasteiger partial charge < -0.3 is 4.42 Å². The zero-order valence-electron chi connectivity index (χ0n) is 20.9. The van der Waals surface area contributed by atoms with Gasteiger partial charge in [0, 0.05) is 21.8 Å². The number of fused-ring (bicyclic) bond motifs is 6. The van der Waals surface area contributed by atoms with Crippen molar-refractivity contribution in [2.24, 2.45) is 0 Å². The molecule has 0 saturated heterocycles. The largest absolute Gasteiger partial charge is 0.453 e. The van der Waals surface area contributed by atoms with E-state index in [0.29, 0.717) is 16.7 Å². The van der Waals surface area contributed by atoms with Crippen LogP contribution in [0.1, 0.15) is 36.4 Å². The van der Waals surface area contributed by atoms with Crippen LogP contribution in [0, 0.1) is 22.7 Å². The lowest BCUT2D eigenvalue weighted by molar-refractivity contribution is 0.660. The molecule has 0 fully saturated rings. The molecular weight excluding hydrogens is 466 g/mol. The summed E-state index contributed by atoms with van der Waals surface area (Å²) in [5, 5.41) is 21.4. The van der Waals surface area contributed by atoms with E-state index in [2.05, 4.69) is 79.5 Å². The first-order chi connectivity index (χ1) is 18.5. The summed E-state index contributed by atoms with van der Waals surface area (Å²) in [7, 11) is 0. The van der Waals surface area contributed by atoms with Crippen LogP contribution in [0.4, 0.5) is 0 Å². The summed E-state index contributed by atoms with van der Waals surface area (Å²) in [6, 6.07) is 35.4. The first-order valence-electron chi connectivity index (χ1n) is 12.5. The minimum atomic E-state index is -0.0475. The molecule has 0 saturated carbocycles. The Balaban J connectivity index is 1.50. The molecule has 0 atom stereocenters. The Morgan fingerprint density at radius 3 is 2.16 bits per heavy atom. The van der Waals surface area contributed by atoms with Gasteiger partial charge in [-0.3, -0.25) is 0 Å². The molecule has 0 radical (unpaired) electrons. The predicted molar refractivity (Wildman–Crippen MR) is 149 cm³/mol. The number of nitrogens with zero attached hydrogens (tertiary/aromatic N) is 3. The monoisotopic (exact) mass is 487 g/mol. The van der Waals surface area contributed by atoms with Crippen LogP contribution in [0.3, 0.4) is 0 Å². The first kappa shape index (κ1) is 22.0. The molecule has 1 aliphatic carbocycles. The summed E-state index contributed by atoms with van der Waals surface area (Å²) in [5.41, 5.74) is 10.2. The average molecular weight is 488 g/mol. The van der Waals surface area contributed by atoms with Crippen molar-refractivity contribution in [2.45, 2.75) is 19.3 Å². The Labute approximate surface area is 220 Å². The molecule has 2 heterocycles. The van der Waals surface area contributed by atoms with Gasteiger partial charge >= 0.3 is 0 Å². The van der Waals surface area contributed by atoms with Crippen molar-refractivity contribution in [3.8, 4) is 45.5 Å². The van der Waals surface area contributed by atoms with E-state index in [1.54, 1.807) is 0 Å². The highest BCUT2D eigenvalue weighted by molar-refractivity contribution is 6.15. The highest BCUT2D eigenvalue weighted by Crippen LogP contribution is 2.49. The van der Waals surface area contributed by atoms with E-state index in [0.717, 1.165) is 27.5 Å². The van der Waals surface area contributed by atoms with Gasteiger partial charge in [-0.25, -0.2) is 4.98 Å². The number of hydrogen-bond acceptors (Lipinski definition) is 4. The van der Waals surface area contributed by atoms with Gasteiger partial charge in [0.25, 0.3) is 0 Å². The predicted octanol–water partition coefficient (Wildman–Crippen LogP) is 8.36. The lowest BCUT2D eigenvalue weighted by Crippen LogP contribution is -2.14. The number of rotatable bonds is 2. The number of furan rings is 1. The van der Waals surface area contributed by atoms with Crippen molar-refractivity contribution in [3.05, 3.63) is 114 Å². The Morgan fingerprint density at radius 2 is 1.37 bits per heavy atom. The van der Waals surface area contributed by atoms with Gasteiger partial charge in [0.2, 0.25) is 0 Å². The third-order valence-electron chi connectivity index (χ3n) is 7.80. The molecule has 0 unspecified atom stereocenters. The van der Waals surface area contributed by atoms with Crippen molar-refractivity contribution in [1.82, 2.24) is 4.98 Å². The van der Waals surface area contributed by atoms with Crippen LogP contribution in [0.25, 0.3) is 55.3 Å². The van der Waals surface area contributed by atoms with E-state index in [9.17, 15) is 10.5 Å². The molecule has 1 aliphatic rings. The van der Waals surface area contributed by atoms with Crippen molar-refractivity contribution in [3.63, 3.8) is 0 Å². The molecule has 0 N–H and O–H groups in total. The molecule has 0 spiro atoms. The van der Waals surface area contributed by atoms with Crippen LogP contribution in [0.15, 0.2) is 95.4 Å². The van der Waals surface area contributed by atoms with Crippen molar-refractivity contribution in [1.29, 1.82) is 10.5 Å². The third kappa shape index (κ3) is 2.98. The number of aromatic nitrogens is 1. The van der Waals surface area contributed by atoms with Gasteiger partial charge in [-0.1, -0.05) is 86.6 Å². The fraction of sp³-hybridized carbons (Fsp3) is 0.0882. The van der Waals surface area contributed by atoms with E-state index in [-0.39, 0.29) is 16.8 Å². The zero-order chi connectivity index (χ0) is 26.0. The van der Waals surface area contributed by atoms with Crippen molar-refractivity contribution >= 4 is 21.9 Å². The summed E-state index contributed by atoms with van der Waals surface area (Å²) in [6.07, 6.45) is 0. The van der Waals surface area contributed by atoms with Gasteiger partial charge in [-0.15, -0.1) is 0 Å². The van der Waals surface area contributed by atoms with Crippen molar-refractivity contribution in [2.75, 3.05) is 0 Å². The SMILES string of the molecule is CC1(C)c2ccccc2-c2cc(-c3ccc4oc5c(C#N)nc(C#N)c(-c6ccccc6)c5c4c3)ccc21. The molecule has 6 aromatic rings. The minimum absolute atomic E-state index is 0.0475. The summed E-state index contributed by atoms with van der Waals surface area (Å²) in [6.45, 7) is 4.55. The Hall–Kier alpha value is -5.19. The molecule has 0 aliphatic heterocycles. The molecule has 4 nitrogen and oxygen atoms in total. The Bertz CT molecular complexity index is 2020. The molecular formula is C34H21N3O. The fourth-order valence-corrected chi connectivity index (χ4v) is 5.97. The lowest BCUT2D eigenvalue weighted by Gasteiger charge is -2.21. The van der Waals surface area contributed by atoms with Crippen LogP contribution < -0.4 is 0 Å². The normalized spacial score (nSPS) is 13.2. The number of pyridine rings is 1. The van der Waals surface area contributed by atoms with Crippen LogP contribution in [0.5, 0.6) is 0 Å². The second-order valence-corrected chi connectivity index (χ2v) is 10.2. The highest BCUT2D eigenvalue weighted by atomic mass is 16.3. The lowest BCUT2D eigenvalue weighted by atomic mass is 9.82. The fourth-order valence-electron chi connectivity index (χ4n) is 5.97. The molecule has 178 valence electrons. The van der Waals surface area contributed by atoms with E-state index in [1.807, 2.05) is 42.5 Å². The van der Waals surface area contributed by atoms with Gasteiger partial charge in [-0.05, 0) is 57.1 Å². The average Bonchev–Trinajstić information content (AvgIpc) is 3.45. The van der Waals surface area contributed by atoms with Gasteiger partial charge in [0.15, 0.2) is 17.0 Å². The van der Waals surface area contributed by atoms with Crippen LogP contribution >= 0.6 is 0 Å². The second kappa shape index (κ2) is 7.90. The Morgan fingerprint density at radius 1 is 0.684 bits per heavy atom. The standard InChI is InChI=1S/C34H21N3O/c1-34(2)26-11-7-6-10-23(26)24-16-21(12-14-27(24)34)22-13-15-30-25(17-22)32-31(20-8-4-3-5-9-20)28(18-35)37-29(19-36)33(32)38-30/h3-17H,1-2H3. The van der Waals surface area contributed by atoms with Gasteiger partial charge in [0.05, 0.1) is 0 Å². The van der Waals surface area contributed by atoms with E-state index in [1.165, 1.54) is 22.3 Å². The quantitative estimate of drug-likeness (QED) is 0.246. The number of hydrogen-bond donors (Lipinski definition) is 0. The molecule has 2 aromatic heterocycles. The molecule has 0 bridgehead atoms. The topological polar surface area (TPSA) is 73.6 Å². The smallest absolute Gasteiger partial charge is 0.185 e. The molecule has 4 heteroatoms. The maximum Gasteiger partial charge on any atom is 0.185 e. The van der Waals surface area contributed by atoms with Crippen LogP contribution in [-0.4, -0.2) is 4.98 Å². The molecule has 4 aromatic carbocycles. The van der Waals surface area contributed by atoms with E-state index >= 15 is 0 Å². The first-order valence-corrected chi connectivity index (χ1v) is 12.5. The van der Waals surface area contributed by atoms with Gasteiger partial charge in [0.1, 0.15) is 17.7 Å². The maximum absolute atomic E-state index is 9.96. The summed E-state index contributed by atoms with van der Waals surface area (Å²) < 4.78 is 6.18. The Kier molecular flexibility index (Phi) is 4.58. The summed E-state index contributed by atoms with van der Waals surface area (Å²) in [5.74, 6) is 0. The minimum Gasteiger partial charge on any atom is -0.453 e. The summed E-state index contributed by atoms with van der Waals surface area (Å²) in [4.78, 5) is 4.35. The molecule has 7 rings (SSSR count). The highest BCUT2D eigenvalue weighted by Gasteiger charge is 2.35. The third-order valence-corrected chi connectivity index (χ3v) is 7.80. The van der Waals surface area contributed by atoms with Crippen LogP contribution in [0.2, 0.25) is 0 Å². The van der Waals surface area contributed by atoms with E-state index < -0.39 is 0 Å². The van der Waals surface area contributed by atoms with Crippen LogP contribution in [-0.2, 0) is 5.41 Å². The van der Waals surface area contributed by atoms with Gasteiger partial charge in [-0.2, -0.15) is 10.5 Å². The summed E-state index contributed by atoms with van der Waals surface area (Å²) >= 11 is 0. The second-order valence-electron chi connectivity index (χ2n) is 10.2.